The van der Waals surface area contributed by atoms with Gasteiger partial charge >= 0.3 is 18.5 Å². The number of likely N-dealkylation sites (N-methyl/N-ethyl adjacent to an activating group) is 3. The van der Waals surface area contributed by atoms with E-state index in [1.54, 1.807) is 52.8 Å². The van der Waals surface area contributed by atoms with Crippen molar-refractivity contribution in [3.05, 3.63) is 208 Å². The topological polar surface area (TPSA) is 289 Å². The van der Waals surface area contributed by atoms with Gasteiger partial charge in [-0.3, -0.25) is 14.4 Å². The van der Waals surface area contributed by atoms with Gasteiger partial charge in [-0.05, 0) is 135 Å². The predicted molar refractivity (Wildman–Crippen MR) is 421 cm³/mol. The smallest absolute Gasteiger partial charge is 0.417 e. The summed E-state index contributed by atoms with van der Waals surface area (Å²) in [4.78, 5) is 104. The number of benzene rings is 6. The van der Waals surface area contributed by atoms with Gasteiger partial charge in [-0.15, -0.1) is 0 Å². The Bertz CT molecular complexity index is 5830. The quantitative estimate of drug-likeness (QED) is 0.0305. The molecular weight excluding hydrogens is 1560 g/mol. The number of hydrogen-bond acceptors (Lipinski definition) is 23. The fourth-order valence-electron chi connectivity index (χ4n) is 13.6. The minimum atomic E-state index is -4.79. The first-order valence-electron chi connectivity index (χ1n) is 36.8. The molecule has 602 valence electrons. The molecule has 12 aromatic rings. The minimum absolute atomic E-state index is 0.0246. The van der Waals surface area contributed by atoms with Crippen LogP contribution >= 0.6 is 11.6 Å². The van der Waals surface area contributed by atoms with Gasteiger partial charge in [0.05, 0.1) is 53.1 Å². The van der Waals surface area contributed by atoms with E-state index < -0.39 is 58.0 Å². The van der Waals surface area contributed by atoms with Crippen LogP contribution in [0.2, 0.25) is 5.02 Å². The number of ether oxygens (including phenoxy) is 1. The van der Waals surface area contributed by atoms with Gasteiger partial charge in [0.1, 0.15) is 36.2 Å². The molecule has 3 aliphatic rings. The fraction of sp³-hybridized carbons (Fsp3) is 0.278. The van der Waals surface area contributed by atoms with E-state index in [0.717, 1.165) is 55.6 Å². The van der Waals surface area contributed by atoms with Crippen LogP contribution in [0.1, 0.15) is 64.5 Å². The zero-order valence-electron chi connectivity index (χ0n) is 63.3. The summed E-state index contributed by atoms with van der Waals surface area (Å²) >= 11 is 5.90. The van der Waals surface area contributed by atoms with Gasteiger partial charge in [-0.1, -0.05) is 35.9 Å². The molecule has 0 unspecified atom stereocenters. The fourth-order valence-corrected chi connectivity index (χ4v) is 13.8. The number of nitrogens with one attached hydrogen (secondary N) is 6. The molecule has 15 rings (SSSR count). The highest BCUT2D eigenvalue weighted by Crippen LogP contribution is 2.40. The molecule has 0 radical (unpaired) electrons. The third-order valence-corrected chi connectivity index (χ3v) is 20.7. The molecule has 28 nitrogen and oxygen atoms in total. The van der Waals surface area contributed by atoms with Crippen LogP contribution in [0.4, 0.5) is 109 Å². The Morgan fingerprint density at radius 1 is 0.453 bits per heavy atom. The first kappa shape index (κ1) is 79.4. The van der Waals surface area contributed by atoms with Crippen molar-refractivity contribution in [2.75, 3.05) is 153 Å². The molecule has 6 aromatic carbocycles. The molecule has 3 aliphatic heterocycles. The average molecular weight is 1630 g/mol. The van der Waals surface area contributed by atoms with Crippen molar-refractivity contribution in [1.29, 1.82) is 0 Å². The highest BCUT2D eigenvalue weighted by atomic mass is 35.5. The van der Waals surface area contributed by atoms with Crippen LogP contribution in [0.3, 0.4) is 0 Å². The second-order valence-electron chi connectivity index (χ2n) is 28.4. The number of rotatable bonds is 20. The number of halogens is 10. The maximum absolute atomic E-state index is 14.7. The summed E-state index contributed by atoms with van der Waals surface area (Å²) in [6.07, 6.45) is -5.02. The van der Waals surface area contributed by atoms with E-state index in [2.05, 4.69) is 61.6 Å². The Morgan fingerprint density at radius 2 is 0.906 bits per heavy atom. The van der Waals surface area contributed by atoms with Gasteiger partial charge in [0.2, 0.25) is 17.8 Å². The highest BCUT2D eigenvalue weighted by Gasteiger charge is 2.36. The molecule has 0 aliphatic carbocycles. The summed E-state index contributed by atoms with van der Waals surface area (Å²) in [6, 6.07) is 24.1. The Labute approximate surface area is 666 Å². The Hall–Kier alpha value is -12.9. The molecule has 6 aromatic heterocycles. The third-order valence-electron chi connectivity index (χ3n) is 20.4. The van der Waals surface area contributed by atoms with Crippen molar-refractivity contribution in [3.8, 4) is 5.75 Å². The molecule has 117 heavy (non-hydrogen) atoms. The molecule has 6 N–H and O–H groups in total. The van der Waals surface area contributed by atoms with E-state index in [9.17, 15) is 53.9 Å². The largest absolute Gasteiger partial charge is 0.495 e. The van der Waals surface area contributed by atoms with Crippen LogP contribution in [0.15, 0.2) is 153 Å². The highest BCUT2D eigenvalue weighted by molar-refractivity contribution is 6.31. The van der Waals surface area contributed by atoms with Crippen LogP contribution in [-0.2, 0) is 31.6 Å². The Morgan fingerprint density at radius 3 is 1.41 bits per heavy atom. The molecule has 9 heterocycles. The summed E-state index contributed by atoms with van der Waals surface area (Å²) in [7, 11) is 7.29. The lowest BCUT2D eigenvalue weighted by Crippen LogP contribution is -2.45. The van der Waals surface area contributed by atoms with Crippen LogP contribution in [0.25, 0.3) is 33.1 Å². The SMILES string of the molecule is COc1ccc(C(F)(F)F)cc1NC(=O)c1ccc(C[n+]2cnc(Nc3cc(C(=O)Nc4ccc(Cl)c(C(F)(F)F)c4)ccc3C)c3nc(N4CCN(C)CC4)ncc32)c(Nc2nc[n+](Cc3ccc(C(=O)Nc4cccc(C(F)(F)F)c4)cc3Nc3ncnc4cnc(N5CCN(C)CC5)nc34)c3cnc(N4CCN(C)CC4)nc23)c1. The summed E-state index contributed by atoms with van der Waals surface area (Å²) in [5.41, 5.74) is 1.17. The van der Waals surface area contributed by atoms with E-state index in [4.69, 9.17) is 51.2 Å². The maximum atomic E-state index is 14.7. The van der Waals surface area contributed by atoms with Gasteiger partial charge in [0.15, 0.2) is 27.9 Å². The number of piperazine rings is 3. The summed E-state index contributed by atoms with van der Waals surface area (Å²) in [5, 5.41) is 17.5. The number of anilines is 12. The number of methoxy groups -OCH3 is 1. The monoisotopic (exact) mass is 1630 g/mol. The van der Waals surface area contributed by atoms with E-state index in [0.29, 0.717) is 139 Å². The number of amides is 3. The second-order valence-corrected chi connectivity index (χ2v) is 28.8. The lowest BCUT2D eigenvalue weighted by Gasteiger charge is -2.32. The van der Waals surface area contributed by atoms with Gasteiger partial charge in [0.25, 0.3) is 42.0 Å². The number of carbonyl (C=O) groups is 3. The number of nitrogens with zero attached hydrogens (tertiary/aromatic N) is 18. The van der Waals surface area contributed by atoms with Crippen LogP contribution in [-0.4, -0.2) is 189 Å². The molecule has 0 atom stereocenters. The molecule has 3 fully saturated rings. The van der Waals surface area contributed by atoms with Crippen molar-refractivity contribution in [2.45, 2.75) is 38.5 Å². The summed E-state index contributed by atoms with van der Waals surface area (Å²) in [5.74, 6) is -0.587. The van der Waals surface area contributed by atoms with Gasteiger partial charge in [-0.2, -0.15) is 39.5 Å². The second kappa shape index (κ2) is 32.8. The van der Waals surface area contributed by atoms with Crippen molar-refractivity contribution in [2.24, 2.45) is 0 Å². The molecule has 0 spiro atoms. The lowest BCUT2D eigenvalue weighted by atomic mass is 10.1. The van der Waals surface area contributed by atoms with Crippen molar-refractivity contribution in [1.82, 2.24) is 64.5 Å². The van der Waals surface area contributed by atoms with Crippen LogP contribution in [0.5, 0.6) is 5.75 Å². The van der Waals surface area contributed by atoms with E-state index in [1.165, 1.54) is 80.7 Å². The zero-order chi connectivity index (χ0) is 82.2. The number of aromatic nitrogens is 12. The van der Waals surface area contributed by atoms with E-state index >= 15 is 0 Å². The minimum Gasteiger partial charge on any atom is -0.495 e. The zero-order valence-corrected chi connectivity index (χ0v) is 64.1. The molecular formula is C79H74ClF9N24O4+2. The maximum Gasteiger partial charge on any atom is 0.417 e. The molecule has 0 bridgehead atoms. The normalized spacial score (nSPS) is 14.7. The van der Waals surface area contributed by atoms with Crippen molar-refractivity contribution in [3.63, 3.8) is 0 Å². The van der Waals surface area contributed by atoms with E-state index in [-0.39, 0.29) is 81.2 Å². The summed E-state index contributed by atoms with van der Waals surface area (Å²) in [6.45, 7) is 9.56. The Kier molecular flexibility index (Phi) is 22.2. The standard InChI is InChI=1S/C79H72ClF9N24O4/c1-45-9-10-46(71(114)98-54-16-17-56(80)55(36-54)79(87,88)89)31-57(45)99-69-66-62(38-91-75(104-66)110-27-21-107(3)22-28-110)112(43-95-69)41-50-14-12-48(73(116)102-60-35-52(78(84,85)86)15-18-64(60)117-5)33-59(50)101-70-67-63(39-92-76(105-67)111-29-23-108(4)24-30-111)113(44-96-70)40-49-13-11-47(72(115)97-53-8-6-7-51(34-53)77(81,82)83)32-58(49)100-68-65-61(93-42-94-68)37-90-74(103-65)109-25-19-106(2)20-26-109/h6-18,31-39,42-44H,19-30,40-41H2,1-5H3,(H4,93,94,97,98,100,102,114,115,116)/p+2. The first-order chi connectivity index (χ1) is 56.0. The number of carbonyl (C=O) groups excluding carboxylic acids is 3. The van der Waals surface area contributed by atoms with Gasteiger partial charge < -0.3 is 66.0 Å². The van der Waals surface area contributed by atoms with Gasteiger partial charge in [-0.25, -0.2) is 49.0 Å². The lowest BCUT2D eigenvalue weighted by molar-refractivity contribution is -0.665. The first-order valence-corrected chi connectivity index (χ1v) is 37.2. The number of fused-ring (bicyclic) bond motifs is 3. The van der Waals surface area contributed by atoms with E-state index in [1.807, 2.05) is 35.8 Å². The molecule has 3 amide bonds. The van der Waals surface area contributed by atoms with Crippen molar-refractivity contribution < 1.29 is 67.8 Å². The molecule has 3 saturated heterocycles. The average Bonchev–Trinajstić information content (AvgIpc) is 0.721. The molecule has 38 heteroatoms. The number of aryl methyl sites for hydroxylation is 1. The molecule has 0 saturated carbocycles. The van der Waals surface area contributed by atoms with Crippen molar-refractivity contribution >= 4 is 132 Å². The number of hydrogen-bond donors (Lipinski definition) is 6. The van der Waals surface area contributed by atoms with Gasteiger partial charge in [0, 0.05) is 135 Å². The van der Waals surface area contributed by atoms with Crippen LogP contribution in [0, 0.1) is 6.92 Å². The summed E-state index contributed by atoms with van der Waals surface area (Å²) < 4.78 is 135. The number of alkyl halides is 9. The van der Waals surface area contributed by atoms with Crippen LogP contribution < -0.4 is 60.5 Å². The third kappa shape index (κ3) is 17.8. The predicted octanol–water partition coefficient (Wildman–Crippen LogP) is 12.0. The Balaban J connectivity index is 0.830.